The maximum atomic E-state index is 13.6. The Morgan fingerprint density at radius 2 is 1.34 bits per heavy atom. The number of hydrogen-bond donors (Lipinski definition) is 0. The molecule has 0 saturated carbocycles. The van der Waals surface area contributed by atoms with Crippen LogP contribution < -0.4 is 9.80 Å². The number of para-hydroxylation sites is 1. The molecule has 0 aromatic heterocycles. The van der Waals surface area contributed by atoms with Gasteiger partial charge >= 0.3 is 0 Å². The van der Waals surface area contributed by atoms with E-state index < -0.39 is 0 Å². The Morgan fingerprint density at radius 3 is 2.00 bits per heavy atom. The molecule has 1 heterocycles. The second kappa shape index (κ2) is 7.40. The molecule has 3 aromatic rings. The molecule has 0 saturated heterocycles. The van der Waals surface area contributed by atoms with Gasteiger partial charge in [0, 0.05) is 12.7 Å². The predicted octanol–water partition coefficient (Wildman–Crippen LogP) is 4.72. The van der Waals surface area contributed by atoms with Crippen LogP contribution in [-0.4, -0.2) is 18.9 Å². The van der Waals surface area contributed by atoms with Gasteiger partial charge in [0.15, 0.2) is 0 Å². The fraction of sp³-hybridized carbons (Fsp3) is 0.120. The minimum absolute atomic E-state index is 0.298. The number of carbonyl (C=O) groups excluding carboxylic acids is 2. The summed E-state index contributed by atoms with van der Waals surface area (Å²) in [6.07, 6.45) is 0. The number of likely N-dealkylation sites (N-methyl/N-ethyl adjacent to an activating group) is 1. The van der Waals surface area contributed by atoms with Crippen LogP contribution in [0, 0.1) is 13.8 Å². The first-order valence-corrected chi connectivity index (χ1v) is 9.54. The third kappa shape index (κ3) is 3.13. The number of anilines is 2. The molecule has 4 heteroatoms. The number of carbonyl (C=O) groups is 2. The van der Waals surface area contributed by atoms with Gasteiger partial charge in [-0.15, -0.1) is 0 Å². The standard InChI is InChI=1S/C25H22N2O2/c1-17-11-10-16-21(18(17)2)27-24(28)22(19-12-6-4-7-13-19)23(25(27)29)26(3)20-14-8-5-9-15-20/h4-16H,1-3H3. The number of aryl methyl sites for hydroxylation is 1. The van der Waals surface area contributed by atoms with Crippen molar-refractivity contribution in [3.05, 3.63) is 101 Å². The van der Waals surface area contributed by atoms with E-state index in [2.05, 4.69) is 0 Å². The van der Waals surface area contributed by atoms with Gasteiger partial charge in [0.2, 0.25) is 0 Å². The van der Waals surface area contributed by atoms with Gasteiger partial charge in [-0.2, -0.15) is 0 Å². The molecule has 29 heavy (non-hydrogen) atoms. The lowest BCUT2D eigenvalue weighted by Crippen LogP contribution is -2.34. The highest BCUT2D eigenvalue weighted by Gasteiger charge is 2.42. The highest BCUT2D eigenvalue weighted by atomic mass is 16.2. The van der Waals surface area contributed by atoms with E-state index >= 15 is 0 Å². The maximum Gasteiger partial charge on any atom is 0.282 e. The number of rotatable bonds is 4. The van der Waals surface area contributed by atoms with Crippen LogP contribution in [0.1, 0.15) is 16.7 Å². The van der Waals surface area contributed by atoms with E-state index in [4.69, 9.17) is 0 Å². The van der Waals surface area contributed by atoms with Gasteiger partial charge in [-0.1, -0.05) is 60.7 Å². The molecule has 3 aromatic carbocycles. The predicted molar refractivity (Wildman–Crippen MR) is 117 cm³/mol. The minimum Gasteiger partial charge on any atom is -0.339 e. The van der Waals surface area contributed by atoms with Crippen molar-refractivity contribution in [3.8, 4) is 0 Å². The summed E-state index contributed by atoms with van der Waals surface area (Å²) >= 11 is 0. The SMILES string of the molecule is Cc1cccc(N2C(=O)C(c3ccccc3)=C(N(C)c3ccccc3)C2=O)c1C. The number of nitrogens with zero attached hydrogens (tertiary/aromatic N) is 2. The van der Waals surface area contributed by atoms with Crippen LogP contribution >= 0.6 is 0 Å². The van der Waals surface area contributed by atoms with Crippen molar-refractivity contribution >= 4 is 28.8 Å². The highest BCUT2D eigenvalue weighted by Crippen LogP contribution is 2.37. The monoisotopic (exact) mass is 382 g/mol. The molecule has 0 fully saturated rings. The Morgan fingerprint density at radius 1 is 0.724 bits per heavy atom. The molecule has 1 aliphatic rings. The molecular weight excluding hydrogens is 360 g/mol. The second-order valence-electron chi connectivity index (χ2n) is 7.15. The van der Waals surface area contributed by atoms with E-state index in [1.165, 1.54) is 4.90 Å². The summed E-state index contributed by atoms with van der Waals surface area (Å²) in [5.74, 6) is -0.610. The first-order chi connectivity index (χ1) is 14.0. The van der Waals surface area contributed by atoms with Crippen molar-refractivity contribution in [2.45, 2.75) is 13.8 Å². The molecule has 4 nitrogen and oxygen atoms in total. The van der Waals surface area contributed by atoms with Crippen molar-refractivity contribution in [3.63, 3.8) is 0 Å². The van der Waals surface area contributed by atoms with Crippen molar-refractivity contribution < 1.29 is 9.59 Å². The average molecular weight is 382 g/mol. The van der Waals surface area contributed by atoms with Crippen molar-refractivity contribution in [1.82, 2.24) is 0 Å². The molecular formula is C25H22N2O2. The zero-order valence-electron chi connectivity index (χ0n) is 16.7. The average Bonchev–Trinajstić information content (AvgIpc) is 3.01. The molecule has 144 valence electrons. The smallest absolute Gasteiger partial charge is 0.282 e. The largest absolute Gasteiger partial charge is 0.339 e. The summed E-state index contributed by atoms with van der Waals surface area (Å²) in [4.78, 5) is 30.2. The molecule has 0 bridgehead atoms. The zero-order chi connectivity index (χ0) is 20.5. The van der Waals surface area contributed by atoms with E-state index in [0.29, 0.717) is 17.0 Å². The third-order valence-corrected chi connectivity index (χ3v) is 5.42. The Kier molecular flexibility index (Phi) is 4.77. The lowest BCUT2D eigenvalue weighted by atomic mass is 10.0. The summed E-state index contributed by atoms with van der Waals surface area (Å²) in [6, 6.07) is 24.7. The molecule has 1 aliphatic heterocycles. The summed E-state index contributed by atoms with van der Waals surface area (Å²) < 4.78 is 0. The number of hydrogen-bond acceptors (Lipinski definition) is 3. The summed E-state index contributed by atoms with van der Waals surface area (Å²) in [5.41, 5.74) is 4.97. The Balaban J connectivity index is 1.90. The molecule has 2 amide bonds. The molecule has 0 spiro atoms. The normalized spacial score (nSPS) is 14.0. The zero-order valence-corrected chi connectivity index (χ0v) is 16.7. The highest BCUT2D eigenvalue weighted by molar-refractivity contribution is 6.46. The van der Waals surface area contributed by atoms with Gasteiger partial charge in [0.1, 0.15) is 5.70 Å². The summed E-state index contributed by atoms with van der Waals surface area (Å²) in [6.45, 7) is 3.92. The van der Waals surface area contributed by atoms with Gasteiger partial charge in [-0.05, 0) is 48.7 Å². The lowest BCUT2D eigenvalue weighted by Gasteiger charge is -2.22. The van der Waals surface area contributed by atoms with Gasteiger partial charge in [-0.25, -0.2) is 4.90 Å². The number of amides is 2. The van der Waals surface area contributed by atoms with E-state index in [-0.39, 0.29) is 11.8 Å². The van der Waals surface area contributed by atoms with E-state index in [9.17, 15) is 9.59 Å². The van der Waals surface area contributed by atoms with Gasteiger partial charge in [-0.3, -0.25) is 9.59 Å². The summed E-state index contributed by atoms with van der Waals surface area (Å²) in [5, 5.41) is 0. The van der Waals surface area contributed by atoms with Gasteiger partial charge in [0.25, 0.3) is 11.8 Å². The minimum atomic E-state index is -0.311. The van der Waals surface area contributed by atoms with Crippen LogP contribution in [0.3, 0.4) is 0 Å². The fourth-order valence-electron chi connectivity index (χ4n) is 3.67. The van der Waals surface area contributed by atoms with E-state index in [0.717, 1.165) is 22.4 Å². The Labute approximate surface area is 170 Å². The van der Waals surface area contributed by atoms with Crippen LogP contribution in [0.15, 0.2) is 84.6 Å². The molecule has 0 N–H and O–H groups in total. The summed E-state index contributed by atoms with van der Waals surface area (Å²) in [7, 11) is 1.82. The topological polar surface area (TPSA) is 40.6 Å². The number of benzene rings is 3. The van der Waals surface area contributed by atoms with Crippen molar-refractivity contribution in [2.75, 3.05) is 16.8 Å². The molecule has 4 rings (SSSR count). The molecule has 0 atom stereocenters. The molecule has 0 unspecified atom stereocenters. The van der Waals surface area contributed by atoms with Gasteiger partial charge in [0.05, 0.1) is 11.3 Å². The van der Waals surface area contributed by atoms with Crippen LogP contribution in [0.25, 0.3) is 5.57 Å². The van der Waals surface area contributed by atoms with Crippen molar-refractivity contribution in [1.29, 1.82) is 0 Å². The maximum absolute atomic E-state index is 13.6. The Hall–Kier alpha value is -3.66. The Bertz CT molecular complexity index is 1120. The van der Waals surface area contributed by atoms with Crippen LogP contribution in [0.4, 0.5) is 11.4 Å². The quantitative estimate of drug-likeness (QED) is 0.613. The lowest BCUT2D eigenvalue weighted by molar-refractivity contribution is -0.120. The van der Waals surface area contributed by atoms with E-state index in [1.807, 2.05) is 99.8 Å². The van der Waals surface area contributed by atoms with Crippen LogP contribution in [0.2, 0.25) is 0 Å². The van der Waals surface area contributed by atoms with Crippen molar-refractivity contribution in [2.24, 2.45) is 0 Å². The first kappa shape index (κ1) is 18.7. The van der Waals surface area contributed by atoms with E-state index in [1.54, 1.807) is 4.90 Å². The van der Waals surface area contributed by atoms with Crippen LogP contribution in [-0.2, 0) is 9.59 Å². The fourth-order valence-corrected chi connectivity index (χ4v) is 3.67. The molecule has 0 radical (unpaired) electrons. The molecule has 0 aliphatic carbocycles. The van der Waals surface area contributed by atoms with Crippen LogP contribution in [0.5, 0.6) is 0 Å². The second-order valence-corrected chi connectivity index (χ2v) is 7.15. The van der Waals surface area contributed by atoms with Gasteiger partial charge < -0.3 is 4.90 Å². The first-order valence-electron chi connectivity index (χ1n) is 9.54. The number of imide groups is 1. The third-order valence-electron chi connectivity index (χ3n) is 5.42.